The van der Waals surface area contributed by atoms with Crippen molar-refractivity contribution < 1.29 is 0 Å². The first kappa shape index (κ1) is 19.7. The van der Waals surface area contributed by atoms with Crippen molar-refractivity contribution >= 4 is 39.8 Å². The minimum atomic E-state index is 0.592. The number of nitrogens with one attached hydrogen (secondary N) is 1. The van der Waals surface area contributed by atoms with Crippen LogP contribution >= 0.6 is 23.2 Å². The first-order chi connectivity index (χ1) is 15.6. The van der Waals surface area contributed by atoms with Crippen molar-refractivity contribution in [3.05, 3.63) is 88.3 Å². The quantitative estimate of drug-likeness (QED) is 0.334. The molecule has 0 aliphatic carbocycles. The van der Waals surface area contributed by atoms with E-state index in [0.29, 0.717) is 16.0 Å². The summed E-state index contributed by atoms with van der Waals surface area (Å²) >= 11 is 13.0. The third-order valence-corrected chi connectivity index (χ3v) is 7.02. The monoisotopic (exact) mass is 458 g/mol. The van der Waals surface area contributed by atoms with E-state index in [-0.39, 0.29) is 0 Å². The lowest BCUT2D eigenvalue weighted by molar-refractivity contribution is 0.448. The molecule has 4 heterocycles. The highest BCUT2D eigenvalue weighted by molar-refractivity contribution is 6.39. The zero-order valence-electron chi connectivity index (χ0n) is 17.4. The highest BCUT2D eigenvalue weighted by Gasteiger charge is 2.19. The van der Waals surface area contributed by atoms with Crippen LogP contribution in [-0.4, -0.2) is 27.5 Å². The molecule has 2 aromatic carbocycles. The first-order valence-corrected chi connectivity index (χ1v) is 11.4. The minimum Gasteiger partial charge on any atom is -0.315 e. The first-order valence-electron chi connectivity index (χ1n) is 10.6. The van der Waals surface area contributed by atoms with E-state index >= 15 is 0 Å². The van der Waals surface area contributed by atoms with Gasteiger partial charge in [0.25, 0.3) is 0 Å². The van der Waals surface area contributed by atoms with Gasteiger partial charge in [0.2, 0.25) is 0 Å². The van der Waals surface area contributed by atoms with Crippen LogP contribution in [0.2, 0.25) is 10.0 Å². The van der Waals surface area contributed by atoms with E-state index in [1.165, 1.54) is 5.56 Å². The second-order valence-electron chi connectivity index (χ2n) is 8.29. The highest BCUT2D eigenvalue weighted by Crippen LogP contribution is 2.37. The summed E-state index contributed by atoms with van der Waals surface area (Å²) in [4.78, 5) is 9.69. The van der Waals surface area contributed by atoms with Crippen LogP contribution in [0.1, 0.15) is 17.2 Å². The smallest absolute Gasteiger partial charge is 0.147 e. The molecule has 158 valence electrons. The second kappa shape index (κ2) is 7.59. The highest BCUT2D eigenvalue weighted by atomic mass is 35.5. The summed E-state index contributed by atoms with van der Waals surface area (Å²) in [5.74, 6) is 0.626. The van der Waals surface area contributed by atoms with Crippen LogP contribution in [0.4, 0.5) is 0 Å². The lowest BCUT2D eigenvalue weighted by Crippen LogP contribution is -2.39. The average Bonchev–Trinajstić information content (AvgIpc) is 3.09. The largest absolute Gasteiger partial charge is 0.315 e. The van der Waals surface area contributed by atoms with Gasteiger partial charge in [-0.1, -0.05) is 53.5 Å². The third kappa shape index (κ3) is 3.10. The Kier molecular flexibility index (Phi) is 4.68. The number of fused-ring (bicyclic) bond motifs is 3. The number of hydrogen-bond acceptors (Lipinski definition) is 3. The predicted octanol–water partition coefficient (Wildman–Crippen LogP) is 6.52. The Balaban J connectivity index is 1.50. The van der Waals surface area contributed by atoms with Crippen molar-refractivity contribution in [3.8, 4) is 22.4 Å². The van der Waals surface area contributed by atoms with Crippen LogP contribution in [0.25, 0.3) is 38.9 Å². The predicted molar refractivity (Wildman–Crippen MR) is 132 cm³/mol. The average molecular weight is 459 g/mol. The maximum atomic E-state index is 6.49. The number of halogens is 2. The van der Waals surface area contributed by atoms with Crippen molar-refractivity contribution in [1.29, 1.82) is 0 Å². The Morgan fingerprint density at radius 3 is 2.41 bits per heavy atom. The van der Waals surface area contributed by atoms with Crippen molar-refractivity contribution in [2.75, 3.05) is 13.1 Å². The minimum absolute atomic E-state index is 0.592. The molecule has 1 fully saturated rings. The van der Waals surface area contributed by atoms with E-state index in [1.807, 2.05) is 43.6 Å². The van der Waals surface area contributed by atoms with Crippen LogP contribution < -0.4 is 5.32 Å². The molecule has 6 rings (SSSR count). The number of aryl methyl sites for hydroxylation is 1. The number of benzene rings is 2. The summed E-state index contributed by atoms with van der Waals surface area (Å²) in [5, 5.41) is 5.51. The molecule has 1 aliphatic heterocycles. The second-order valence-corrected chi connectivity index (χ2v) is 9.10. The summed E-state index contributed by atoms with van der Waals surface area (Å²) < 4.78 is 2.08. The van der Waals surface area contributed by atoms with Crippen LogP contribution in [0.5, 0.6) is 0 Å². The van der Waals surface area contributed by atoms with E-state index in [0.717, 1.165) is 57.7 Å². The van der Waals surface area contributed by atoms with E-state index < -0.39 is 0 Å². The summed E-state index contributed by atoms with van der Waals surface area (Å²) in [6.07, 6.45) is 3.93. The van der Waals surface area contributed by atoms with E-state index in [9.17, 15) is 0 Å². The van der Waals surface area contributed by atoms with Gasteiger partial charge in [-0.3, -0.25) is 4.98 Å². The van der Waals surface area contributed by atoms with Gasteiger partial charge in [-0.05, 0) is 42.3 Å². The maximum absolute atomic E-state index is 6.49. The van der Waals surface area contributed by atoms with Gasteiger partial charge in [-0.15, -0.1) is 0 Å². The normalized spacial score (nSPS) is 14.2. The summed E-state index contributed by atoms with van der Waals surface area (Å²) in [6, 6.07) is 18.5. The Hall–Kier alpha value is -2.92. The van der Waals surface area contributed by atoms with Crippen molar-refractivity contribution in [1.82, 2.24) is 19.7 Å². The lowest BCUT2D eigenvalue weighted by atomic mass is 9.92. The van der Waals surface area contributed by atoms with Crippen molar-refractivity contribution in [2.45, 2.75) is 12.8 Å². The Bertz CT molecular complexity index is 1460. The number of nitrogens with zero attached hydrogens (tertiary/aromatic N) is 3. The number of aromatic nitrogens is 3. The van der Waals surface area contributed by atoms with E-state index in [2.05, 4.69) is 40.0 Å². The Morgan fingerprint density at radius 2 is 1.72 bits per heavy atom. The Morgan fingerprint density at radius 1 is 0.969 bits per heavy atom. The Labute approximate surface area is 195 Å². The molecule has 0 amide bonds. The molecule has 32 heavy (non-hydrogen) atoms. The molecule has 3 aromatic heterocycles. The molecule has 0 saturated carbocycles. The van der Waals surface area contributed by atoms with Gasteiger partial charge in [0, 0.05) is 53.6 Å². The zero-order chi connectivity index (χ0) is 21.8. The van der Waals surface area contributed by atoms with Crippen molar-refractivity contribution in [3.63, 3.8) is 0 Å². The number of pyridine rings is 2. The molecule has 0 spiro atoms. The molecule has 0 atom stereocenters. The topological polar surface area (TPSA) is 42.2 Å². The van der Waals surface area contributed by atoms with E-state index in [4.69, 9.17) is 33.2 Å². The maximum Gasteiger partial charge on any atom is 0.147 e. The van der Waals surface area contributed by atoms with Gasteiger partial charge in [-0.2, -0.15) is 0 Å². The fraction of sp³-hybridized carbons (Fsp3) is 0.154. The van der Waals surface area contributed by atoms with Crippen LogP contribution in [0.3, 0.4) is 0 Å². The molecular weight excluding hydrogens is 439 g/mol. The zero-order valence-corrected chi connectivity index (χ0v) is 19.0. The fourth-order valence-electron chi connectivity index (χ4n) is 4.41. The standard InChI is InChI=1S/C26H20Cl2N4/c1-15-25(24-21(27)3-2-4-22(24)28)31-26-20-11-18(14-30-23(20)9-10-32(15)26)16-5-7-17(8-6-16)19-12-29-13-19/h2-11,14,19,29H,12-13H2,1H3. The third-order valence-electron chi connectivity index (χ3n) is 6.39. The number of rotatable bonds is 3. The van der Waals surface area contributed by atoms with Gasteiger partial charge < -0.3 is 9.72 Å². The molecule has 4 nitrogen and oxygen atoms in total. The summed E-state index contributed by atoms with van der Waals surface area (Å²) in [7, 11) is 0. The molecule has 0 unspecified atom stereocenters. The van der Waals surface area contributed by atoms with Gasteiger partial charge in [0.1, 0.15) is 5.65 Å². The molecule has 0 radical (unpaired) electrons. The molecule has 6 heteroatoms. The van der Waals surface area contributed by atoms with Crippen LogP contribution in [0.15, 0.2) is 67.0 Å². The van der Waals surface area contributed by atoms with Gasteiger partial charge in [0.05, 0.1) is 21.3 Å². The fourth-order valence-corrected chi connectivity index (χ4v) is 4.99. The molecular formula is C26H20Cl2N4. The summed E-state index contributed by atoms with van der Waals surface area (Å²) in [5.41, 5.74) is 7.89. The molecule has 1 aliphatic rings. The van der Waals surface area contributed by atoms with Crippen LogP contribution in [-0.2, 0) is 0 Å². The van der Waals surface area contributed by atoms with Crippen LogP contribution in [0, 0.1) is 6.92 Å². The molecule has 0 bridgehead atoms. The molecule has 5 aromatic rings. The SMILES string of the molecule is Cc1c(-c2c(Cl)cccc2Cl)nc2c3cc(-c4ccc(C5CNC5)cc4)cnc3ccn12. The van der Waals surface area contributed by atoms with Gasteiger partial charge >= 0.3 is 0 Å². The van der Waals surface area contributed by atoms with Gasteiger partial charge in [-0.25, -0.2) is 4.98 Å². The molecule has 1 saturated heterocycles. The summed E-state index contributed by atoms with van der Waals surface area (Å²) in [6.45, 7) is 4.16. The number of imidazole rings is 1. The van der Waals surface area contributed by atoms with E-state index in [1.54, 1.807) is 0 Å². The lowest BCUT2D eigenvalue weighted by Gasteiger charge is -2.27. The van der Waals surface area contributed by atoms with Gasteiger partial charge in [0.15, 0.2) is 0 Å². The molecule has 1 N–H and O–H groups in total. The van der Waals surface area contributed by atoms with Crippen molar-refractivity contribution in [2.24, 2.45) is 0 Å². The number of hydrogen-bond donors (Lipinski definition) is 1.